The van der Waals surface area contributed by atoms with Crippen molar-refractivity contribution in [1.29, 1.82) is 0 Å². The van der Waals surface area contributed by atoms with E-state index in [1.54, 1.807) is 22.6 Å². The summed E-state index contributed by atoms with van der Waals surface area (Å²) < 4.78 is 35.7. The number of rotatable bonds is 6. The Morgan fingerprint density at radius 1 is 1.27 bits per heavy atom. The molecule has 0 bridgehead atoms. The summed E-state index contributed by atoms with van der Waals surface area (Å²) in [5.74, 6) is 0.374. The Bertz CT molecular complexity index is 1050. The van der Waals surface area contributed by atoms with E-state index in [2.05, 4.69) is 4.98 Å². The van der Waals surface area contributed by atoms with Gasteiger partial charge in [0.05, 0.1) is 25.5 Å². The van der Waals surface area contributed by atoms with Gasteiger partial charge in [-0.3, -0.25) is 0 Å². The minimum atomic E-state index is -3.68. The highest BCUT2D eigenvalue weighted by molar-refractivity contribution is 7.89. The van der Waals surface area contributed by atoms with Crippen molar-refractivity contribution < 1.29 is 13.2 Å². The molecule has 7 heteroatoms. The van der Waals surface area contributed by atoms with Crippen molar-refractivity contribution in [3.63, 3.8) is 0 Å². The first-order valence-electron chi connectivity index (χ1n) is 8.58. The summed E-state index contributed by atoms with van der Waals surface area (Å²) in [5.41, 5.74) is 2.54. The third-order valence-electron chi connectivity index (χ3n) is 4.67. The lowest BCUT2D eigenvalue weighted by Gasteiger charge is -2.23. The number of hydrogen-bond donors (Lipinski definition) is 0. The quantitative estimate of drug-likeness (QED) is 0.668. The minimum Gasteiger partial charge on any atom is -0.495 e. The van der Waals surface area contributed by atoms with Gasteiger partial charge in [-0.2, -0.15) is 4.31 Å². The molecule has 0 spiro atoms. The van der Waals surface area contributed by atoms with Crippen molar-refractivity contribution >= 4 is 15.7 Å². The summed E-state index contributed by atoms with van der Waals surface area (Å²) in [5, 5.41) is 0. The molecule has 6 nitrogen and oxygen atoms in total. The van der Waals surface area contributed by atoms with E-state index in [9.17, 15) is 8.42 Å². The average Bonchev–Trinajstić information content (AvgIpc) is 3.39. The van der Waals surface area contributed by atoms with Crippen molar-refractivity contribution in [3.8, 4) is 5.75 Å². The molecule has 2 aromatic heterocycles. The van der Waals surface area contributed by atoms with Gasteiger partial charge >= 0.3 is 0 Å². The largest absolute Gasteiger partial charge is 0.495 e. The van der Waals surface area contributed by atoms with Crippen LogP contribution in [0.2, 0.25) is 0 Å². The van der Waals surface area contributed by atoms with E-state index in [0.29, 0.717) is 5.75 Å². The van der Waals surface area contributed by atoms with Crippen molar-refractivity contribution in [3.05, 3.63) is 60.0 Å². The number of sulfonamides is 1. The standard InChI is InChI=1S/C19H21N3O3S/c1-14-6-9-17(25-2)18(11-14)26(23,24)22(15-7-8-15)13-16-12-20-19-5-3-4-10-21(16)19/h3-6,9-12,15H,7-8,13H2,1-2H3. The molecule has 4 rings (SSSR count). The molecule has 0 radical (unpaired) electrons. The lowest BCUT2D eigenvalue weighted by Crippen LogP contribution is -2.33. The molecule has 0 aliphatic heterocycles. The second kappa shape index (κ2) is 6.41. The van der Waals surface area contributed by atoms with Crippen LogP contribution in [0.1, 0.15) is 24.1 Å². The number of methoxy groups -OCH3 is 1. The third kappa shape index (κ3) is 2.97. The molecule has 26 heavy (non-hydrogen) atoms. The predicted molar refractivity (Wildman–Crippen MR) is 98.7 cm³/mol. The number of nitrogens with zero attached hydrogens (tertiary/aromatic N) is 3. The second-order valence-corrected chi connectivity index (χ2v) is 8.47. The summed E-state index contributed by atoms with van der Waals surface area (Å²) in [6.45, 7) is 2.17. The predicted octanol–water partition coefficient (Wildman–Crippen LogP) is 3.00. The fourth-order valence-corrected chi connectivity index (χ4v) is 5.04. The molecule has 0 amide bonds. The first-order valence-corrected chi connectivity index (χ1v) is 10.0. The van der Waals surface area contributed by atoms with Gasteiger partial charge in [-0.1, -0.05) is 12.1 Å². The number of imidazole rings is 1. The Kier molecular flexibility index (Phi) is 4.20. The Hall–Kier alpha value is -2.38. The molecule has 1 saturated carbocycles. The number of ether oxygens (including phenoxy) is 1. The van der Waals surface area contributed by atoms with E-state index in [1.807, 2.05) is 41.8 Å². The molecule has 1 fully saturated rings. The Balaban J connectivity index is 1.76. The van der Waals surface area contributed by atoms with Crippen LogP contribution in [0.25, 0.3) is 5.65 Å². The monoisotopic (exact) mass is 371 g/mol. The van der Waals surface area contributed by atoms with Crippen LogP contribution in [0.15, 0.2) is 53.7 Å². The molecule has 1 aliphatic rings. The molecule has 0 N–H and O–H groups in total. The molecule has 3 aromatic rings. The number of aromatic nitrogens is 2. The van der Waals surface area contributed by atoms with E-state index in [0.717, 1.165) is 29.7 Å². The number of aryl methyl sites for hydroxylation is 1. The first kappa shape index (κ1) is 17.1. The van der Waals surface area contributed by atoms with Crippen LogP contribution in [-0.2, 0) is 16.6 Å². The van der Waals surface area contributed by atoms with Crippen molar-refractivity contribution in [1.82, 2.24) is 13.7 Å². The molecule has 0 saturated heterocycles. The maximum Gasteiger partial charge on any atom is 0.247 e. The van der Waals surface area contributed by atoms with E-state index < -0.39 is 10.0 Å². The zero-order valence-corrected chi connectivity index (χ0v) is 15.6. The summed E-state index contributed by atoms with van der Waals surface area (Å²) in [7, 11) is -2.18. The summed E-state index contributed by atoms with van der Waals surface area (Å²) >= 11 is 0. The Morgan fingerprint density at radius 2 is 2.08 bits per heavy atom. The van der Waals surface area contributed by atoms with Gasteiger partial charge in [0.15, 0.2) is 0 Å². The van der Waals surface area contributed by atoms with Gasteiger partial charge in [0.25, 0.3) is 0 Å². The van der Waals surface area contributed by atoms with Crippen molar-refractivity contribution in [2.75, 3.05) is 7.11 Å². The van der Waals surface area contributed by atoms with E-state index in [1.165, 1.54) is 7.11 Å². The average molecular weight is 371 g/mol. The molecule has 1 aromatic carbocycles. The van der Waals surface area contributed by atoms with Crippen LogP contribution in [0.5, 0.6) is 5.75 Å². The Labute approximate surface area is 153 Å². The van der Waals surface area contributed by atoms with Crippen LogP contribution in [0, 0.1) is 6.92 Å². The molecule has 2 heterocycles. The Morgan fingerprint density at radius 3 is 2.81 bits per heavy atom. The van der Waals surface area contributed by atoms with E-state index in [4.69, 9.17) is 4.74 Å². The zero-order chi connectivity index (χ0) is 18.3. The minimum absolute atomic E-state index is 0.0273. The fraction of sp³-hybridized carbons (Fsp3) is 0.316. The molecular weight excluding hydrogens is 350 g/mol. The molecule has 136 valence electrons. The van der Waals surface area contributed by atoms with Gasteiger partial charge in [0.1, 0.15) is 16.3 Å². The summed E-state index contributed by atoms with van der Waals surface area (Å²) in [4.78, 5) is 4.59. The zero-order valence-electron chi connectivity index (χ0n) is 14.8. The normalized spacial score (nSPS) is 14.9. The van der Waals surface area contributed by atoms with Crippen LogP contribution >= 0.6 is 0 Å². The van der Waals surface area contributed by atoms with E-state index in [-0.39, 0.29) is 17.5 Å². The smallest absolute Gasteiger partial charge is 0.247 e. The number of pyridine rings is 1. The number of hydrogen-bond acceptors (Lipinski definition) is 4. The third-order valence-corrected chi connectivity index (χ3v) is 6.59. The highest BCUT2D eigenvalue weighted by Crippen LogP contribution is 2.36. The van der Waals surface area contributed by atoms with Gasteiger partial charge in [0.2, 0.25) is 10.0 Å². The maximum absolute atomic E-state index is 13.4. The van der Waals surface area contributed by atoms with Gasteiger partial charge in [-0.25, -0.2) is 13.4 Å². The number of fused-ring (bicyclic) bond motifs is 1. The van der Waals surface area contributed by atoms with Gasteiger partial charge in [-0.15, -0.1) is 0 Å². The van der Waals surface area contributed by atoms with Crippen LogP contribution in [-0.4, -0.2) is 35.3 Å². The highest BCUT2D eigenvalue weighted by Gasteiger charge is 2.39. The van der Waals surface area contributed by atoms with Gasteiger partial charge in [-0.05, 0) is 49.6 Å². The molecule has 0 unspecified atom stereocenters. The molecule has 0 atom stereocenters. The summed E-state index contributed by atoms with van der Waals surface area (Å²) in [6, 6.07) is 11.0. The topological polar surface area (TPSA) is 63.9 Å². The van der Waals surface area contributed by atoms with Crippen molar-refractivity contribution in [2.45, 2.75) is 37.2 Å². The van der Waals surface area contributed by atoms with Gasteiger partial charge < -0.3 is 9.14 Å². The van der Waals surface area contributed by atoms with Gasteiger partial charge in [0, 0.05) is 12.2 Å². The fourth-order valence-electron chi connectivity index (χ4n) is 3.15. The van der Waals surface area contributed by atoms with Crippen LogP contribution in [0.3, 0.4) is 0 Å². The highest BCUT2D eigenvalue weighted by atomic mass is 32.2. The number of benzene rings is 1. The first-order chi connectivity index (χ1) is 12.5. The van der Waals surface area contributed by atoms with Crippen LogP contribution in [0.4, 0.5) is 0 Å². The molecule has 1 aliphatic carbocycles. The van der Waals surface area contributed by atoms with Crippen LogP contribution < -0.4 is 4.74 Å². The lowest BCUT2D eigenvalue weighted by atomic mass is 10.2. The lowest BCUT2D eigenvalue weighted by molar-refractivity contribution is 0.378. The molecular formula is C19H21N3O3S. The SMILES string of the molecule is COc1ccc(C)cc1S(=O)(=O)N(Cc1cnc2ccccn12)C1CC1. The summed E-state index contributed by atoms with van der Waals surface area (Å²) in [6.07, 6.45) is 5.41. The maximum atomic E-state index is 13.4. The van der Waals surface area contributed by atoms with Crippen molar-refractivity contribution in [2.24, 2.45) is 0 Å². The second-order valence-electron chi connectivity index (χ2n) is 6.61. The van der Waals surface area contributed by atoms with E-state index >= 15 is 0 Å².